The van der Waals surface area contributed by atoms with Gasteiger partial charge in [0.2, 0.25) is 0 Å². The van der Waals surface area contributed by atoms with Crippen LogP contribution in [-0.2, 0) is 19.1 Å². The second kappa shape index (κ2) is 48.3. The molecule has 0 saturated carbocycles. The topological polar surface area (TPSA) is 59.1 Å². The van der Waals surface area contributed by atoms with Gasteiger partial charge >= 0.3 is 11.9 Å². The van der Waals surface area contributed by atoms with Gasteiger partial charge in [-0.3, -0.25) is 9.59 Å². The molecule has 0 aromatic carbocycles. The van der Waals surface area contributed by atoms with Gasteiger partial charge < -0.3 is 19.3 Å². The van der Waals surface area contributed by atoms with E-state index in [0.717, 1.165) is 51.4 Å². The first-order valence-corrected chi connectivity index (χ1v) is 29.4. The van der Waals surface area contributed by atoms with Crippen LogP contribution >= 0.6 is 0 Å². The van der Waals surface area contributed by atoms with Gasteiger partial charge in [-0.15, -0.1) is 0 Å². The lowest BCUT2D eigenvalue weighted by Crippen LogP contribution is -2.34. The summed E-state index contributed by atoms with van der Waals surface area (Å²) < 4.78 is 12.2. The van der Waals surface area contributed by atoms with E-state index in [0.29, 0.717) is 12.8 Å². The molecule has 0 atom stereocenters. The Morgan fingerprint density at radius 2 is 0.672 bits per heavy atom. The fourth-order valence-electron chi connectivity index (χ4n) is 9.93. The van der Waals surface area contributed by atoms with Gasteiger partial charge in [0.15, 0.2) is 0 Å². The number of esters is 2. The van der Waals surface area contributed by atoms with E-state index in [1.165, 1.54) is 258 Å². The number of rotatable bonds is 50. The van der Waals surface area contributed by atoms with Crippen LogP contribution in [0.3, 0.4) is 0 Å². The van der Waals surface area contributed by atoms with E-state index in [2.05, 4.69) is 37.5 Å². The number of hydrogen-bond acceptors (Lipinski definition) is 6. The highest BCUT2D eigenvalue weighted by Crippen LogP contribution is 2.21. The highest BCUT2D eigenvalue weighted by molar-refractivity contribution is 5.69. The Kier molecular flexibility index (Phi) is 46.0. The molecule has 0 bridgehead atoms. The normalized spacial score (nSPS) is 13.5. The molecule has 0 amide bonds. The molecule has 0 unspecified atom stereocenters. The number of nitrogens with zero attached hydrogens (tertiary/aromatic N) is 2. The van der Waals surface area contributed by atoms with Gasteiger partial charge in [0.25, 0.3) is 0 Å². The highest BCUT2D eigenvalue weighted by atomic mass is 16.5. The van der Waals surface area contributed by atoms with E-state index in [1.807, 2.05) is 0 Å². The first-order valence-electron chi connectivity index (χ1n) is 29.4. The maximum Gasteiger partial charge on any atom is 0.306 e. The van der Waals surface area contributed by atoms with Crippen molar-refractivity contribution in [3.05, 3.63) is 0 Å². The van der Waals surface area contributed by atoms with Crippen molar-refractivity contribution < 1.29 is 19.1 Å². The number of ether oxygens (including phenoxy) is 2. The second-order valence-electron chi connectivity index (χ2n) is 20.6. The van der Waals surface area contributed by atoms with Crippen LogP contribution in [0, 0.1) is 0 Å². The number of carbonyl (C=O) groups excluding carboxylic acids is 2. The van der Waals surface area contributed by atoms with Crippen molar-refractivity contribution in [2.75, 3.05) is 39.3 Å². The Morgan fingerprint density at radius 1 is 0.375 bits per heavy atom. The summed E-state index contributed by atoms with van der Waals surface area (Å²) in [5, 5.41) is 0. The second-order valence-corrected chi connectivity index (χ2v) is 20.6. The van der Waals surface area contributed by atoms with E-state index < -0.39 is 0 Å². The Balaban J connectivity index is 2.38. The number of unbranched alkanes of at least 4 members (excludes halogenated alkanes) is 28. The lowest BCUT2D eigenvalue weighted by atomic mass is 10.0. The van der Waals surface area contributed by atoms with Crippen LogP contribution in [0.4, 0.5) is 0 Å². The molecule has 380 valence electrons. The maximum atomic E-state index is 12.9. The van der Waals surface area contributed by atoms with Crippen molar-refractivity contribution >= 4 is 11.9 Å². The molecular weight excluding hydrogens is 789 g/mol. The van der Waals surface area contributed by atoms with Gasteiger partial charge in [-0.2, -0.15) is 0 Å². The van der Waals surface area contributed by atoms with Crippen molar-refractivity contribution in [1.82, 2.24) is 9.80 Å². The van der Waals surface area contributed by atoms with Gasteiger partial charge in [-0.05, 0) is 136 Å². The smallest absolute Gasteiger partial charge is 0.306 e. The Labute approximate surface area is 401 Å². The Hall–Kier alpha value is -1.14. The predicted octanol–water partition coefficient (Wildman–Crippen LogP) is 17.7. The third-order valence-corrected chi connectivity index (χ3v) is 14.2. The molecule has 0 N–H and O–H groups in total. The fraction of sp³-hybridized carbons (Fsp3) is 0.966. The fourth-order valence-corrected chi connectivity index (χ4v) is 9.93. The first-order chi connectivity index (χ1) is 31.5. The van der Waals surface area contributed by atoms with E-state index in [4.69, 9.17) is 9.47 Å². The van der Waals surface area contributed by atoms with Crippen molar-refractivity contribution in [3.63, 3.8) is 0 Å². The van der Waals surface area contributed by atoms with Gasteiger partial charge in [0.1, 0.15) is 12.2 Å². The van der Waals surface area contributed by atoms with Crippen LogP contribution < -0.4 is 0 Å². The van der Waals surface area contributed by atoms with Crippen LogP contribution in [0.1, 0.15) is 310 Å². The zero-order chi connectivity index (χ0) is 46.2. The molecule has 0 aromatic rings. The molecule has 0 aromatic heterocycles. The molecule has 6 heteroatoms. The molecule has 6 nitrogen and oxygen atoms in total. The van der Waals surface area contributed by atoms with Crippen LogP contribution in [0.25, 0.3) is 0 Å². The maximum absolute atomic E-state index is 12.9. The number of piperidine rings is 1. The average molecular weight is 904 g/mol. The first kappa shape index (κ1) is 60.9. The Morgan fingerprint density at radius 3 is 1.03 bits per heavy atom. The number of likely N-dealkylation sites (tertiary alicyclic amines) is 1. The SMILES string of the molecule is CCCCCCCCC(CCCCCCCC)OC(=O)CCCCCCCN(CCCCCCCC(=O)OC(CCCCCCCC)CCCCCCCC)CCCN1CCCCC1. The van der Waals surface area contributed by atoms with Crippen LogP contribution in [0.5, 0.6) is 0 Å². The minimum atomic E-state index is 0.0491. The molecule has 1 aliphatic heterocycles. The van der Waals surface area contributed by atoms with E-state index in [1.54, 1.807) is 0 Å². The zero-order valence-corrected chi connectivity index (χ0v) is 44.0. The lowest BCUT2D eigenvalue weighted by molar-refractivity contribution is -0.151. The third-order valence-electron chi connectivity index (χ3n) is 14.2. The summed E-state index contributed by atoms with van der Waals surface area (Å²) in [5.41, 5.74) is 0. The summed E-state index contributed by atoms with van der Waals surface area (Å²) in [4.78, 5) is 31.3. The average Bonchev–Trinajstić information content (AvgIpc) is 3.30. The summed E-state index contributed by atoms with van der Waals surface area (Å²) in [7, 11) is 0. The summed E-state index contributed by atoms with van der Waals surface area (Å²) in [6, 6.07) is 0. The van der Waals surface area contributed by atoms with Gasteiger partial charge in [-0.25, -0.2) is 0 Å². The predicted molar refractivity (Wildman–Crippen MR) is 278 cm³/mol. The Bertz CT molecular complexity index is 874. The summed E-state index contributed by atoms with van der Waals surface area (Å²) >= 11 is 0. The minimum absolute atomic E-state index is 0.0491. The summed E-state index contributed by atoms with van der Waals surface area (Å²) in [6.07, 6.45) is 53.8. The van der Waals surface area contributed by atoms with Crippen LogP contribution in [0.15, 0.2) is 0 Å². The van der Waals surface area contributed by atoms with Gasteiger partial charge in [0.05, 0.1) is 0 Å². The number of carbonyl (C=O) groups is 2. The molecule has 0 radical (unpaired) electrons. The van der Waals surface area contributed by atoms with E-state index in [9.17, 15) is 9.59 Å². The molecular formula is C58H114N2O4. The quantitative estimate of drug-likeness (QED) is 0.0448. The summed E-state index contributed by atoms with van der Waals surface area (Å²) in [5.74, 6) is 0.0982. The van der Waals surface area contributed by atoms with E-state index in [-0.39, 0.29) is 24.1 Å². The monoisotopic (exact) mass is 903 g/mol. The lowest BCUT2D eigenvalue weighted by Gasteiger charge is -2.28. The van der Waals surface area contributed by atoms with Gasteiger partial charge in [-0.1, -0.05) is 201 Å². The van der Waals surface area contributed by atoms with Crippen molar-refractivity contribution in [2.45, 2.75) is 322 Å². The van der Waals surface area contributed by atoms with Crippen LogP contribution in [-0.4, -0.2) is 73.2 Å². The highest BCUT2D eigenvalue weighted by Gasteiger charge is 2.16. The third kappa shape index (κ3) is 41.1. The molecule has 0 aliphatic carbocycles. The summed E-state index contributed by atoms with van der Waals surface area (Å²) in [6.45, 7) is 16.6. The standard InChI is InChI=1S/C58H114N2O4/c1-5-9-13-17-23-32-43-55(44-33-24-18-14-10-6-2)63-57(61)47-36-27-21-29-38-49-59(53-42-54-60-51-40-31-41-52-60)50-39-30-22-28-37-48-58(62)64-56(45-34-25-19-15-11-7-3)46-35-26-20-16-12-8-4/h55-56H,5-54H2,1-4H3. The molecule has 0 spiro atoms. The molecule has 1 saturated heterocycles. The molecule has 1 aliphatic rings. The van der Waals surface area contributed by atoms with Crippen molar-refractivity contribution in [2.24, 2.45) is 0 Å². The molecule has 1 heterocycles. The van der Waals surface area contributed by atoms with Crippen LogP contribution in [0.2, 0.25) is 0 Å². The molecule has 1 rings (SSSR count). The largest absolute Gasteiger partial charge is 0.462 e. The molecule has 64 heavy (non-hydrogen) atoms. The van der Waals surface area contributed by atoms with E-state index >= 15 is 0 Å². The number of hydrogen-bond donors (Lipinski definition) is 0. The molecule has 1 fully saturated rings. The van der Waals surface area contributed by atoms with Crippen molar-refractivity contribution in [1.29, 1.82) is 0 Å². The van der Waals surface area contributed by atoms with Gasteiger partial charge in [0, 0.05) is 12.8 Å². The van der Waals surface area contributed by atoms with Crippen molar-refractivity contribution in [3.8, 4) is 0 Å². The zero-order valence-electron chi connectivity index (χ0n) is 44.0. The minimum Gasteiger partial charge on any atom is -0.462 e.